The molecule has 0 radical (unpaired) electrons. The van der Waals surface area contributed by atoms with E-state index in [9.17, 15) is 0 Å². The van der Waals surface area contributed by atoms with Crippen LogP contribution >= 0.6 is 0 Å². The van der Waals surface area contributed by atoms with Crippen LogP contribution in [0.4, 0.5) is 0 Å². The molecule has 1 heterocycles. The van der Waals surface area contributed by atoms with E-state index >= 15 is 0 Å². The van der Waals surface area contributed by atoms with Crippen LogP contribution in [0.1, 0.15) is 52.9 Å². The van der Waals surface area contributed by atoms with Gasteiger partial charge in [0.05, 0.1) is 0 Å². The van der Waals surface area contributed by atoms with Crippen molar-refractivity contribution in [2.24, 2.45) is 11.1 Å². The van der Waals surface area contributed by atoms with Crippen LogP contribution < -0.4 is 5.73 Å². The highest BCUT2D eigenvalue weighted by Crippen LogP contribution is 2.24. The molecule has 0 aromatic rings. The van der Waals surface area contributed by atoms with Crippen LogP contribution in [0.3, 0.4) is 0 Å². The Balaban J connectivity index is 1.66. The van der Waals surface area contributed by atoms with E-state index in [4.69, 9.17) is 5.73 Å². The van der Waals surface area contributed by atoms with Crippen molar-refractivity contribution in [3.05, 3.63) is 0 Å². The van der Waals surface area contributed by atoms with E-state index in [0.717, 1.165) is 12.5 Å². The molecule has 0 aromatic carbocycles. The molecular weight excluding hydrogens is 234 g/mol. The van der Waals surface area contributed by atoms with Crippen LogP contribution in [0.25, 0.3) is 0 Å². The Hall–Kier alpha value is -0.120. The molecule has 1 aliphatic carbocycles. The number of nitrogens with two attached hydrogens (primary N) is 1. The number of rotatable bonds is 4. The molecule has 1 saturated carbocycles. The Morgan fingerprint density at radius 1 is 1.05 bits per heavy atom. The van der Waals surface area contributed by atoms with Crippen LogP contribution in [0.2, 0.25) is 0 Å². The van der Waals surface area contributed by atoms with Gasteiger partial charge in [-0.2, -0.15) is 0 Å². The maximum Gasteiger partial charge on any atom is 0.0113 e. The highest BCUT2D eigenvalue weighted by Gasteiger charge is 2.27. The molecule has 1 aliphatic heterocycles. The Bertz CT molecular complexity index is 258. The van der Waals surface area contributed by atoms with Gasteiger partial charge in [-0.15, -0.1) is 0 Å². The molecule has 3 heteroatoms. The highest BCUT2D eigenvalue weighted by atomic mass is 15.3. The molecule has 1 saturated heterocycles. The van der Waals surface area contributed by atoms with Gasteiger partial charge in [0.25, 0.3) is 0 Å². The molecular formula is C16H33N3. The molecule has 2 rings (SSSR count). The zero-order valence-corrected chi connectivity index (χ0v) is 13.2. The van der Waals surface area contributed by atoms with E-state index in [0.29, 0.717) is 6.04 Å². The molecule has 0 spiro atoms. The van der Waals surface area contributed by atoms with Gasteiger partial charge in [0, 0.05) is 38.3 Å². The number of piperazine rings is 1. The van der Waals surface area contributed by atoms with Gasteiger partial charge < -0.3 is 10.6 Å². The molecule has 2 N–H and O–H groups in total. The molecule has 1 atom stereocenters. The fourth-order valence-corrected chi connectivity index (χ4v) is 3.38. The van der Waals surface area contributed by atoms with Gasteiger partial charge in [0.1, 0.15) is 0 Å². The first-order chi connectivity index (χ1) is 8.97. The standard InChI is InChI=1S/C16H33N3/c1-16(2,3)15(17)8-9-18-10-12-19(13-11-18)14-6-4-5-7-14/h14-15H,4-13,17H2,1-3H3. The minimum Gasteiger partial charge on any atom is -0.327 e. The van der Waals surface area contributed by atoms with E-state index in [2.05, 4.69) is 30.6 Å². The summed E-state index contributed by atoms with van der Waals surface area (Å²) in [7, 11) is 0. The van der Waals surface area contributed by atoms with Crippen LogP contribution in [0, 0.1) is 5.41 Å². The predicted molar refractivity (Wildman–Crippen MR) is 82.3 cm³/mol. The fourth-order valence-electron chi connectivity index (χ4n) is 3.38. The average Bonchev–Trinajstić information content (AvgIpc) is 2.89. The van der Waals surface area contributed by atoms with Gasteiger partial charge in [-0.05, 0) is 31.2 Å². The first kappa shape index (κ1) is 15.3. The quantitative estimate of drug-likeness (QED) is 0.848. The zero-order valence-electron chi connectivity index (χ0n) is 13.2. The first-order valence-corrected chi connectivity index (χ1v) is 8.19. The van der Waals surface area contributed by atoms with Crippen molar-refractivity contribution >= 4 is 0 Å². The largest absolute Gasteiger partial charge is 0.327 e. The molecule has 19 heavy (non-hydrogen) atoms. The van der Waals surface area contributed by atoms with Gasteiger partial charge in [-0.3, -0.25) is 4.90 Å². The maximum atomic E-state index is 6.26. The molecule has 2 aliphatic rings. The molecule has 2 fully saturated rings. The number of hydrogen-bond donors (Lipinski definition) is 1. The lowest BCUT2D eigenvalue weighted by atomic mass is 9.85. The molecule has 112 valence electrons. The minimum atomic E-state index is 0.242. The average molecular weight is 267 g/mol. The van der Waals surface area contributed by atoms with E-state index in [-0.39, 0.29) is 5.41 Å². The Kier molecular flexibility index (Phi) is 5.27. The van der Waals surface area contributed by atoms with Gasteiger partial charge in [0.2, 0.25) is 0 Å². The van der Waals surface area contributed by atoms with Crippen molar-refractivity contribution in [3.8, 4) is 0 Å². The normalized spacial score (nSPS) is 25.9. The smallest absolute Gasteiger partial charge is 0.0113 e. The second kappa shape index (κ2) is 6.55. The summed E-state index contributed by atoms with van der Waals surface area (Å²) in [5.41, 5.74) is 6.50. The molecule has 0 bridgehead atoms. The lowest BCUT2D eigenvalue weighted by Crippen LogP contribution is -2.50. The van der Waals surface area contributed by atoms with Gasteiger partial charge in [-0.1, -0.05) is 33.6 Å². The third-order valence-electron chi connectivity index (χ3n) is 5.12. The Labute approximate surface area is 119 Å². The van der Waals surface area contributed by atoms with Crippen LogP contribution in [-0.4, -0.2) is 54.6 Å². The van der Waals surface area contributed by atoms with Crippen molar-refractivity contribution in [1.29, 1.82) is 0 Å². The highest BCUT2D eigenvalue weighted by molar-refractivity contribution is 4.83. The van der Waals surface area contributed by atoms with Crippen molar-refractivity contribution in [1.82, 2.24) is 9.80 Å². The SMILES string of the molecule is CC(C)(C)C(N)CCN1CCN(C2CCCC2)CC1. The third kappa shape index (κ3) is 4.44. The maximum absolute atomic E-state index is 6.26. The summed E-state index contributed by atoms with van der Waals surface area (Å²) in [6, 6.07) is 1.22. The van der Waals surface area contributed by atoms with Gasteiger partial charge in [-0.25, -0.2) is 0 Å². The monoisotopic (exact) mass is 267 g/mol. The minimum absolute atomic E-state index is 0.242. The lowest BCUT2D eigenvalue weighted by molar-refractivity contribution is 0.0930. The van der Waals surface area contributed by atoms with Gasteiger partial charge in [0.15, 0.2) is 0 Å². The Morgan fingerprint density at radius 2 is 1.63 bits per heavy atom. The summed E-state index contributed by atoms with van der Waals surface area (Å²) in [5.74, 6) is 0. The van der Waals surface area contributed by atoms with Crippen molar-refractivity contribution in [2.45, 2.75) is 65.0 Å². The summed E-state index contributed by atoms with van der Waals surface area (Å²) >= 11 is 0. The lowest BCUT2D eigenvalue weighted by Gasteiger charge is -2.39. The molecule has 0 amide bonds. The first-order valence-electron chi connectivity index (χ1n) is 8.19. The molecule has 3 nitrogen and oxygen atoms in total. The second-order valence-corrected chi connectivity index (χ2v) is 7.58. The van der Waals surface area contributed by atoms with Crippen LogP contribution in [0.5, 0.6) is 0 Å². The Morgan fingerprint density at radius 3 is 2.16 bits per heavy atom. The van der Waals surface area contributed by atoms with E-state index in [1.165, 1.54) is 58.4 Å². The second-order valence-electron chi connectivity index (χ2n) is 7.58. The molecule has 0 aromatic heterocycles. The predicted octanol–water partition coefficient (Wildman–Crippen LogP) is 2.31. The van der Waals surface area contributed by atoms with E-state index in [1.54, 1.807) is 0 Å². The summed E-state index contributed by atoms with van der Waals surface area (Å²) in [4.78, 5) is 5.34. The number of nitrogens with zero attached hydrogens (tertiary/aromatic N) is 2. The number of hydrogen-bond acceptors (Lipinski definition) is 3. The zero-order chi connectivity index (χ0) is 13.9. The summed E-state index contributed by atoms with van der Waals surface area (Å²) < 4.78 is 0. The van der Waals surface area contributed by atoms with Gasteiger partial charge >= 0.3 is 0 Å². The van der Waals surface area contributed by atoms with E-state index in [1.807, 2.05) is 0 Å². The van der Waals surface area contributed by atoms with Crippen molar-refractivity contribution in [2.75, 3.05) is 32.7 Å². The van der Waals surface area contributed by atoms with Crippen molar-refractivity contribution in [3.63, 3.8) is 0 Å². The van der Waals surface area contributed by atoms with Crippen LogP contribution in [-0.2, 0) is 0 Å². The summed E-state index contributed by atoms with van der Waals surface area (Å²) in [6.07, 6.45) is 6.91. The van der Waals surface area contributed by atoms with E-state index < -0.39 is 0 Å². The fraction of sp³-hybridized carbons (Fsp3) is 1.00. The third-order valence-corrected chi connectivity index (χ3v) is 5.12. The molecule has 1 unspecified atom stereocenters. The summed E-state index contributed by atoms with van der Waals surface area (Å²) in [5, 5.41) is 0. The van der Waals surface area contributed by atoms with Crippen molar-refractivity contribution < 1.29 is 0 Å². The van der Waals surface area contributed by atoms with Crippen LogP contribution in [0.15, 0.2) is 0 Å². The topological polar surface area (TPSA) is 32.5 Å². The summed E-state index contributed by atoms with van der Waals surface area (Å²) in [6.45, 7) is 12.9.